The Morgan fingerprint density at radius 3 is 2.39 bits per heavy atom. The van der Waals surface area contributed by atoms with Crippen molar-refractivity contribution in [1.29, 1.82) is 0 Å². The molecule has 0 bridgehead atoms. The second-order valence-electron chi connectivity index (χ2n) is 7.78. The van der Waals surface area contributed by atoms with Crippen molar-refractivity contribution in [2.75, 3.05) is 5.73 Å². The third kappa shape index (κ3) is 3.89. The Kier molecular flexibility index (Phi) is 5.70. The maximum absolute atomic E-state index is 13.4. The fourth-order valence-electron chi connectivity index (χ4n) is 4.30. The topological polar surface area (TPSA) is 83.6 Å². The second-order valence-corrected chi connectivity index (χ2v) is 8.19. The van der Waals surface area contributed by atoms with Gasteiger partial charge in [-0.2, -0.15) is 0 Å². The highest BCUT2D eigenvalue weighted by atomic mass is 35.5. The minimum atomic E-state index is -1.00. The normalized spacial score (nSPS) is 18.2. The maximum atomic E-state index is 13.4. The van der Waals surface area contributed by atoms with E-state index in [0.29, 0.717) is 29.1 Å². The number of carbonyl (C=O) groups excluding carboxylic acids is 1. The molecule has 1 aliphatic rings. The molecule has 0 unspecified atom stereocenters. The van der Waals surface area contributed by atoms with E-state index in [2.05, 4.69) is 0 Å². The zero-order chi connectivity index (χ0) is 22.1. The maximum Gasteiger partial charge on any atom is 0.326 e. The van der Waals surface area contributed by atoms with Crippen LogP contribution in [-0.2, 0) is 4.79 Å². The number of nitrogens with two attached hydrogens (primary N) is 1. The minimum absolute atomic E-state index is 0.314. The predicted octanol–water partition coefficient (Wildman–Crippen LogP) is 5.33. The van der Waals surface area contributed by atoms with Crippen molar-refractivity contribution >= 4 is 29.2 Å². The molecule has 2 atom stereocenters. The van der Waals surface area contributed by atoms with Crippen LogP contribution < -0.4 is 5.73 Å². The number of nitrogen functional groups attached to an aromatic ring is 1. The minimum Gasteiger partial charge on any atom is -0.480 e. The average Bonchev–Trinajstić information content (AvgIpc) is 3.21. The zero-order valence-electron chi connectivity index (χ0n) is 17.1. The molecule has 3 aromatic rings. The van der Waals surface area contributed by atoms with E-state index in [-0.39, 0.29) is 11.9 Å². The van der Waals surface area contributed by atoms with Gasteiger partial charge >= 0.3 is 5.97 Å². The summed E-state index contributed by atoms with van der Waals surface area (Å²) in [5.74, 6) is -1.32. The summed E-state index contributed by atoms with van der Waals surface area (Å²) >= 11 is 6.37. The summed E-state index contributed by atoms with van der Waals surface area (Å²) in [6.07, 6.45) is 0.935. The molecule has 3 N–H and O–H groups in total. The van der Waals surface area contributed by atoms with Gasteiger partial charge in [-0.15, -0.1) is 0 Å². The summed E-state index contributed by atoms with van der Waals surface area (Å²) in [6, 6.07) is 19.0. The van der Waals surface area contributed by atoms with Gasteiger partial charge in [-0.05, 0) is 66.3 Å². The number of aliphatic carboxylic acids is 1. The summed E-state index contributed by atoms with van der Waals surface area (Å²) in [4.78, 5) is 26.8. The lowest BCUT2D eigenvalue weighted by molar-refractivity contribution is -0.141. The summed E-state index contributed by atoms with van der Waals surface area (Å²) < 4.78 is 0. The summed E-state index contributed by atoms with van der Waals surface area (Å²) in [6.45, 7) is 1.96. The van der Waals surface area contributed by atoms with Gasteiger partial charge in [0, 0.05) is 16.3 Å². The Morgan fingerprint density at radius 1 is 1.00 bits per heavy atom. The first-order chi connectivity index (χ1) is 14.9. The van der Waals surface area contributed by atoms with Gasteiger partial charge in [0.1, 0.15) is 6.04 Å². The number of anilines is 1. The van der Waals surface area contributed by atoms with Crippen molar-refractivity contribution < 1.29 is 14.7 Å². The van der Waals surface area contributed by atoms with Crippen molar-refractivity contribution in [1.82, 2.24) is 4.90 Å². The summed E-state index contributed by atoms with van der Waals surface area (Å²) in [7, 11) is 0. The molecule has 0 aliphatic carbocycles. The molecule has 31 heavy (non-hydrogen) atoms. The van der Waals surface area contributed by atoms with Gasteiger partial charge in [-0.3, -0.25) is 4.79 Å². The van der Waals surface area contributed by atoms with Crippen LogP contribution in [0.5, 0.6) is 0 Å². The molecule has 4 rings (SSSR count). The van der Waals surface area contributed by atoms with Crippen LogP contribution in [0.25, 0.3) is 11.1 Å². The van der Waals surface area contributed by atoms with Gasteiger partial charge in [-0.1, -0.05) is 54.1 Å². The lowest BCUT2D eigenvalue weighted by Gasteiger charge is -2.29. The van der Waals surface area contributed by atoms with E-state index in [1.807, 2.05) is 55.5 Å². The standard InChI is InChI=1S/C25H23ClN2O3/c1-15-18(6-4-8-21(15)27)16-9-11-17(12-10-16)24(29)28-22(13-14-23(28)25(30)31)19-5-2-3-7-20(19)26/h2-12,22-23H,13-14,27H2,1H3,(H,30,31)/t22-,23+/m1/s1. The molecule has 1 fully saturated rings. The van der Waals surface area contributed by atoms with E-state index in [0.717, 1.165) is 22.3 Å². The van der Waals surface area contributed by atoms with Crippen molar-refractivity contribution in [2.24, 2.45) is 0 Å². The smallest absolute Gasteiger partial charge is 0.326 e. The number of likely N-dealkylation sites (tertiary alicyclic amines) is 1. The quantitative estimate of drug-likeness (QED) is 0.544. The molecule has 1 aliphatic heterocycles. The van der Waals surface area contributed by atoms with Crippen molar-refractivity contribution in [3.63, 3.8) is 0 Å². The molecule has 5 nitrogen and oxygen atoms in total. The van der Waals surface area contributed by atoms with Gasteiger partial charge in [0.15, 0.2) is 0 Å². The largest absolute Gasteiger partial charge is 0.480 e. The molecule has 0 spiro atoms. The van der Waals surface area contributed by atoms with E-state index >= 15 is 0 Å². The molecule has 6 heteroatoms. The van der Waals surface area contributed by atoms with Crippen LogP contribution in [0.3, 0.4) is 0 Å². The Labute approximate surface area is 186 Å². The number of amides is 1. The van der Waals surface area contributed by atoms with E-state index in [4.69, 9.17) is 17.3 Å². The molecule has 0 aromatic heterocycles. The first-order valence-electron chi connectivity index (χ1n) is 10.1. The number of hydrogen-bond donors (Lipinski definition) is 2. The molecule has 1 amide bonds. The van der Waals surface area contributed by atoms with Crippen molar-refractivity contribution in [3.8, 4) is 11.1 Å². The number of benzene rings is 3. The van der Waals surface area contributed by atoms with Gasteiger partial charge < -0.3 is 15.7 Å². The SMILES string of the molecule is Cc1c(N)cccc1-c1ccc(C(=O)N2[C@@H](c3ccccc3Cl)CC[C@H]2C(=O)O)cc1. The summed E-state index contributed by atoms with van der Waals surface area (Å²) in [5, 5.41) is 10.3. The Hall–Kier alpha value is -3.31. The third-order valence-corrected chi connectivity index (χ3v) is 6.33. The van der Waals surface area contributed by atoms with E-state index in [9.17, 15) is 14.7 Å². The second kappa shape index (κ2) is 8.44. The number of carbonyl (C=O) groups is 2. The molecular weight excluding hydrogens is 412 g/mol. The highest BCUT2D eigenvalue weighted by Gasteiger charge is 2.42. The summed E-state index contributed by atoms with van der Waals surface area (Å²) in [5.41, 5.74) is 10.9. The Morgan fingerprint density at radius 2 is 1.71 bits per heavy atom. The van der Waals surface area contributed by atoms with Gasteiger partial charge in [0.05, 0.1) is 6.04 Å². The van der Waals surface area contributed by atoms with Crippen LogP contribution in [0.15, 0.2) is 66.7 Å². The lowest BCUT2D eigenvalue weighted by atomic mass is 9.98. The van der Waals surface area contributed by atoms with Crippen LogP contribution >= 0.6 is 11.6 Å². The number of halogens is 1. The third-order valence-electron chi connectivity index (χ3n) is 5.99. The Bertz CT molecular complexity index is 1140. The molecule has 1 heterocycles. The molecule has 158 valence electrons. The predicted molar refractivity (Wildman–Crippen MR) is 122 cm³/mol. The molecular formula is C25H23ClN2O3. The number of hydrogen-bond acceptors (Lipinski definition) is 3. The van der Waals surface area contributed by atoms with Crippen molar-refractivity contribution in [3.05, 3.63) is 88.4 Å². The zero-order valence-corrected chi connectivity index (χ0v) is 17.8. The first-order valence-corrected chi connectivity index (χ1v) is 10.5. The highest BCUT2D eigenvalue weighted by Crippen LogP contribution is 2.40. The van der Waals surface area contributed by atoms with E-state index in [1.54, 1.807) is 18.2 Å². The lowest BCUT2D eigenvalue weighted by Crippen LogP contribution is -2.41. The van der Waals surface area contributed by atoms with Crippen molar-refractivity contribution in [2.45, 2.75) is 31.8 Å². The first kappa shape index (κ1) is 20.9. The fourth-order valence-corrected chi connectivity index (χ4v) is 4.56. The van der Waals surface area contributed by atoms with Crippen LogP contribution in [0.1, 0.15) is 40.4 Å². The number of carboxylic acid groups (broad SMARTS) is 1. The Balaban J connectivity index is 1.68. The van der Waals surface area contributed by atoms with Crippen LogP contribution in [0.4, 0.5) is 5.69 Å². The van der Waals surface area contributed by atoms with Gasteiger partial charge in [0.25, 0.3) is 5.91 Å². The monoisotopic (exact) mass is 434 g/mol. The average molecular weight is 435 g/mol. The molecule has 1 saturated heterocycles. The highest BCUT2D eigenvalue weighted by molar-refractivity contribution is 6.31. The van der Waals surface area contributed by atoms with Gasteiger partial charge in [0.2, 0.25) is 0 Å². The fraction of sp³-hybridized carbons (Fsp3) is 0.200. The van der Waals surface area contributed by atoms with Crippen LogP contribution in [-0.4, -0.2) is 27.9 Å². The molecule has 3 aromatic carbocycles. The molecule has 0 radical (unpaired) electrons. The van der Waals surface area contributed by atoms with Gasteiger partial charge in [-0.25, -0.2) is 4.79 Å². The van der Waals surface area contributed by atoms with Crippen LogP contribution in [0.2, 0.25) is 5.02 Å². The van der Waals surface area contributed by atoms with E-state index in [1.165, 1.54) is 4.90 Å². The number of nitrogens with zero attached hydrogens (tertiary/aromatic N) is 1. The van der Waals surface area contributed by atoms with E-state index < -0.39 is 12.0 Å². The number of carboxylic acids is 1. The van der Waals surface area contributed by atoms with Crippen LogP contribution in [0, 0.1) is 6.92 Å². The molecule has 0 saturated carbocycles. The number of rotatable bonds is 4.